The molecule has 13 heavy (non-hydrogen) atoms. The van der Waals surface area contributed by atoms with Gasteiger partial charge in [-0.3, -0.25) is 0 Å². The molecule has 0 saturated carbocycles. The van der Waals surface area contributed by atoms with Crippen molar-refractivity contribution in [2.24, 2.45) is 5.92 Å². The Morgan fingerprint density at radius 2 is 1.77 bits per heavy atom. The summed E-state index contributed by atoms with van der Waals surface area (Å²) in [5.74, 6) is 0.948. The molecule has 0 amide bonds. The molecule has 0 aromatic carbocycles. The van der Waals surface area contributed by atoms with Gasteiger partial charge in [-0.1, -0.05) is 6.42 Å². The van der Waals surface area contributed by atoms with Crippen LogP contribution in [0.3, 0.4) is 0 Å². The molecule has 2 fully saturated rings. The quantitative estimate of drug-likeness (QED) is 0.642. The van der Waals surface area contributed by atoms with Gasteiger partial charge < -0.3 is 10.6 Å². The fourth-order valence-corrected chi connectivity index (χ4v) is 2.79. The average Bonchev–Trinajstić information content (AvgIpc) is 2.19. The van der Waals surface area contributed by atoms with E-state index in [1.54, 1.807) is 0 Å². The highest BCUT2D eigenvalue weighted by Crippen LogP contribution is 2.24. The smallest absolute Gasteiger partial charge is 0.00987 e. The van der Waals surface area contributed by atoms with Crippen LogP contribution in [0, 0.1) is 5.92 Å². The van der Waals surface area contributed by atoms with Gasteiger partial charge in [-0.25, -0.2) is 0 Å². The normalized spacial score (nSPS) is 37.6. The van der Waals surface area contributed by atoms with Crippen LogP contribution in [-0.2, 0) is 0 Å². The van der Waals surface area contributed by atoms with Crippen molar-refractivity contribution in [3.05, 3.63) is 0 Å². The van der Waals surface area contributed by atoms with Crippen LogP contribution in [0.15, 0.2) is 0 Å². The lowest BCUT2D eigenvalue weighted by Gasteiger charge is -2.36. The second-order valence-electron chi connectivity index (χ2n) is 4.69. The van der Waals surface area contributed by atoms with E-state index < -0.39 is 0 Å². The fourth-order valence-electron chi connectivity index (χ4n) is 2.79. The highest BCUT2D eigenvalue weighted by Gasteiger charge is 2.26. The van der Waals surface area contributed by atoms with Gasteiger partial charge in [0.1, 0.15) is 0 Å². The van der Waals surface area contributed by atoms with Gasteiger partial charge in [0.15, 0.2) is 0 Å². The van der Waals surface area contributed by atoms with Gasteiger partial charge in [0.2, 0.25) is 0 Å². The van der Waals surface area contributed by atoms with Gasteiger partial charge in [-0.2, -0.15) is 0 Å². The first-order valence-electron chi connectivity index (χ1n) is 5.83. The van der Waals surface area contributed by atoms with E-state index in [0.29, 0.717) is 0 Å². The van der Waals surface area contributed by atoms with E-state index in [4.69, 9.17) is 0 Å². The predicted molar refractivity (Wildman–Crippen MR) is 55.8 cm³/mol. The van der Waals surface area contributed by atoms with Crippen LogP contribution in [0.1, 0.15) is 39.0 Å². The molecule has 2 aliphatic heterocycles. The Balaban J connectivity index is 1.83. The summed E-state index contributed by atoms with van der Waals surface area (Å²) in [6.07, 6.45) is 6.98. The lowest BCUT2D eigenvalue weighted by atomic mass is 9.84. The minimum Gasteiger partial charge on any atom is -0.317 e. The van der Waals surface area contributed by atoms with Crippen LogP contribution in [0.5, 0.6) is 0 Å². The van der Waals surface area contributed by atoms with Gasteiger partial charge in [0, 0.05) is 12.1 Å². The zero-order chi connectivity index (χ0) is 9.10. The summed E-state index contributed by atoms with van der Waals surface area (Å²) in [5.41, 5.74) is 0. The van der Waals surface area contributed by atoms with E-state index in [1.807, 2.05) is 0 Å². The average molecular weight is 182 g/mol. The summed E-state index contributed by atoms with van der Waals surface area (Å²) in [4.78, 5) is 0. The van der Waals surface area contributed by atoms with Crippen LogP contribution in [0.4, 0.5) is 0 Å². The molecule has 2 saturated heterocycles. The maximum atomic E-state index is 3.76. The third-order valence-corrected chi connectivity index (χ3v) is 3.60. The summed E-state index contributed by atoms with van der Waals surface area (Å²) in [7, 11) is 0. The molecule has 2 aliphatic rings. The Morgan fingerprint density at radius 1 is 1.00 bits per heavy atom. The molecule has 2 N–H and O–H groups in total. The summed E-state index contributed by atoms with van der Waals surface area (Å²) in [5, 5.41) is 7.20. The fraction of sp³-hybridized carbons (Fsp3) is 1.00. The van der Waals surface area contributed by atoms with E-state index in [0.717, 1.165) is 18.0 Å². The molecule has 2 atom stereocenters. The van der Waals surface area contributed by atoms with E-state index in [-0.39, 0.29) is 0 Å². The topological polar surface area (TPSA) is 24.1 Å². The number of nitrogens with one attached hydrogen (secondary N) is 2. The molecule has 2 heterocycles. The van der Waals surface area contributed by atoms with Crippen molar-refractivity contribution in [2.75, 3.05) is 13.1 Å². The second-order valence-corrected chi connectivity index (χ2v) is 4.69. The highest BCUT2D eigenvalue weighted by molar-refractivity contribution is 4.85. The van der Waals surface area contributed by atoms with E-state index in [1.165, 1.54) is 45.2 Å². The Hall–Kier alpha value is -0.0800. The van der Waals surface area contributed by atoms with Crippen molar-refractivity contribution >= 4 is 0 Å². The summed E-state index contributed by atoms with van der Waals surface area (Å²) in [6, 6.07) is 1.58. The molecule has 0 bridgehead atoms. The zero-order valence-electron chi connectivity index (χ0n) is 8.68. The molecular weight excluding hydrogens is 160 g/mol. The molecule has 0 radical (unpaired) electrons. The molecule has 2 heteroatoms. The van der Waals surface area contributed by atoms with Gasteiger partial charge in [0.05, 0.1) is 0 Å². The number of hydrogen-bond donors (Lipinski definition) is 2. The van der Waals surface area contributed by atoms with Gasteiger partial charge in [0.25, 0.3) is 0 Å². The number of rotatable bonds is 1. The van der Waals surface area contributed by atoms with E-state index in [2.05, 4.69) is 17.6 Å². The Labute approximate surface area is 81.5 Å². The van der Waals surface area contributed by atoms with Crippen LogP contribution in [0.2, 0.25) is 0 Å². The van der Waals surface area contributed by atoms with Crippen LogP contribution in [0.25, 0.3) is 0 Å². The molecule has 2 rings (SSSR count). The molecule has 0 aliphatic carbocycles. The highest BCUT2D eigenvalue weighted by atomic mass is 15.0. The summed E-state index contributed by atoms with van der Waals surface area (Å²) < 4.78 is 0. The molecule has 76 valence electrons. The maximum absolute atomic E-state index is 3.76. The third-order valence-electron chi connectivity index (χ3n) is 3.60. The van der Waals surface area contributed by atoms with Gasteiger partial charge in [-0.05, 0) is 51.6 Å². The largest absolute Gasteiger partial charge is 0.317 e. The van der Waals surface area contributed by atoms with Crippen LogP contribution >= 0.6 is 0 Å². The number of piperidine rings is 2. The van der Waals surface area contributed by atoms with Crippen molar-refractivity contribution in [1.82, 2.24) is 10.6 Å². The Morgan fingerprint density at radius 3 is 2.46 bits per heavy atom. The number of hydrogen-bond acceptors (Lipinski definition) is 2. The van der Waals surface area contributed by atoms with Crippen molar-refractivity contribution in [3.8, 4) is 0 Å². The predicted octanol–water partition coefficient (Wildman–Crippen LogP) is 1.52. The maximum Gasteiger partial charge on any atom is 0.00987 e. The summed E-state index contributed by atoms with van der Waals surface area (Å²) in [6.45, 7) is 4.79. The van der Waals surface area contributed by atoms with Crippen LogP contribution in [-0.4, -0.2) is 25.2 Å². The van der Waals surface area contributed by atoms with Crippen molar-refractivity contribution < 1.29 is 0 Å². The molecule has 0 aromatic rings. The minimum atomic E-state index is 0.758. The molecular formula is C11H22N2. The standard InChI is InChI=1S/C11H22N2/c1-9-3-2-4-11(13-9)10-5-7-12-8-6-10/h9-13H,2-8H2,1H3/t9-,11-/m1/s1. The minimum absolute atomic E-state index is 0.758. The molecule has 0 unspecified atom stereocenters. The Kier molecular flexibility index (Phi) is 3.23. The molecule has 2 nitrogen and oxygen atoms in total. The lowest BCUT2D eigenvalue weighted by molar-refractivity contribution is 0.217. The van der Waals surface area contributed by atoms with Crippen LogP contribution < -0.4 is 10.6 Å². The SMILES string of the molecule is C[C@@H]1CCC[C@H](C2CCNCC2)N1. The Bertz CT molecular complexity index is 152. The molecule has 0 spiro atoms. The zero-order valence-corrected chi connectivity index (χ0v) is 8.68. The lowest BCUT2D eigenvalue weighted by Crippen LogP contribution is -2.47. The van der Waals surface area contributed by atoms with E-state index in [9.17, 15) is 0 Å². The molecule has 0 aromatic heterocycles. The third kappa shape index (κ3) is 2.44. The van der Waals surface area contributed by atoms with Gasteiger partial charge in [-0.15, -0.1) is 0 Å². The first-order chi connectivity index (χ1) is 6.36. The van der Waals surface area contributed by atoms with E-state index >= 15 is 0 Å². The van der Waals surface area contributed by atoms with Crippen molar-refractivity contribution in [1.29, 1.82) is 0 Å². The first kappa shape index (κ1) is 9.47. The second kappa shape index (κ2) is 4.43. The van der Waals surface area contributed by atoms with Crippen molar-refractivity contribution in [2.45, 2.75) is 51.1 Å². The first-order valence-corrected chi connectivity index (χ1v) is 5.83. The van der Waals surface area contributed by atoms with Crippen molar-refractivity contribution in [3.63, 3.8) is 0 Å². The summed E-state index contributed by atoms with van der Waals surface area (Å²) >= 11 is 0. The van der Waals surface area contributed by atoms with Gasteiger partial charge >= 0.3 is 0 Å². The monoisotopic (exact) mass is 182 g/mol.